The van der Waals surface area contributed by atoms with Gasteiger partial charge in [0.05, 0.1) is 18.6 Å². The number of halogens is 1. The highest BCUT2D eigenvalue weighted by atomic mass is 127. The van der Waals surface area contributed by atoms with Crippen molar-refractivity contribution < 1.29 is 14.0 Å². The smallest absolute Gasteiger partial charge is 0.315 e. The molecule has 0 amide bonds. The van der Waals surface area contributed by atoms with E-state index in [1.54, 1.807) is 0 Å². The van der Waals surface area contributed by atoms with Gasteiger partial charge in [-0.2, -0.15) is 0 Å². The third kappa shape index (κ3) is 6.54. The largest absolute Gasteiger partial charge is 0.468 e. The number of hydrogen-bond acceptors (Lipinski definition) is 4. The summed E-state index contributed by atoms with van der Waals surface area (Å²) in [5.41, 5.74) is 6.33. The van der Waals surface area contributed by atoms with Crippen molar-refractivity contribution in [1.29, 1.82) is 0 Å². The summed E-state index contributed by atoms with van der Waals surface area (Å²) in [5, 5.41) is 0.154. The van der Waals surface area contributed by atoms with Crippen LogP contribution in [0.25, 0.3) is 0 Å². The Morgan fingerprint density at radius 2 is 1.89 bits per heavy atom. The molecular weight excluding hydrogens is 469 g/mol. The van der Waals surface area contributed by atoms with E-state index in [9.17, 15) is 4.79 Å². The van der Waals surface area contributed by atoms with Gasteiger partial charge in [0.1, 0.15) is 0 Å². The van der Waals surface area contributed by atoms with Crippen LogP contribution in [0, 0.1) is 3.57 Å². The fraction of sp³-hybridized carbons (Fsp3) is 0.667. The predicted molar refractivity (Wildman–Crippen MR) is 124 cm³/mol. The summed E-state index contributed by atoms with van der Waals surface area (Å²) in [6.07, 6.45) is 2.44. The number of esters is 1. The molecule has 0 bridgehead atoms. The van der Waals surface area contributed by atoms with Gasteiger partial charge in [0, 0.05) is 10.1 Å². The zero-order valence-corrected chi connectivity index (χ0v) is 21.1. The van der Waals surface area contributed by atoms with Crippen LogP contribution < -0.4 is 5.73 Å². The van der Waals surface area contributed by atoms with E-state index in [-0.39, 0.29) is 17.1 Å². The van der Waals surface area contributed by atoms with E-state index in [0.29, 0.717) is 13.0 Å². The molecule has 0 spiro atoms. The minimum atomic E-state index is -1.86. The molecule has 0 fully saturated rings. The molecule has 6 heteroatoms. The minimum absolute atomic E-state index is 0.0312. The van der Waals surface area contributed by atoms with Gasteiger partial charge in [0.25, 0.3) is 0 Å². The fourth-order valence-electron chi connectivity index (χ4n) is 2.92. The molecule has 1 rings (SSSR count). The van der Waals surface area contributed by atoms with Crippen molar-refractivity contribution in [3.63, 3.8) is 0 Å². The molecule has 1 aromatic carbocycles. The summed E-state index contributed by atoms with van der Waals surface area (Å²) in [6.45, 7) is 13.7. The maximum atomic E-state index is 12.6. The first-order chi connectivity index (χ1) is 12.4. The summed E-state index contributed by atoms with van der Waals surface area (Å²) in [4.78, 5) is 12.6. The van der Waals surface area contributed by atoms with Crippen LogP contribution in [-0.4, -0.2) is 34.0 Å². The number of benzene rings is 1. The van der Waals surface area contributed by atoms with Crippen LogP contribution in [0.1, 0.15) is 52.5 Å². The van der Waals surface area contributed by atoms with E-state index < -0.39 is 13.7 Å². The van der Waals surface area contributed by atoms with Crippen molar-refractivity contribution in [2.45, 2.75) is 76.6 Å². The molecule has 2 N–H and O–H groups in total. The summed E-state index contributed by atoms with van der Waals surface area (Å²) >= 11 is 2.27. The quantitative estimate of drug-likeness (QED) is 0.283. The average Bonchev–Trinajstić information content (AvgIpc) is 2.58. The van der Waals surface area contributed by atoms with Crippen LogP contribution in [0.15, 0.2) is 24.3 Å². The second kappa shape index (κ2) is 9.85. The monoisotopic (exact) mass is 505 g/mol. The standard InChI is InChI=1S/C21H36INO3Si/c1-20(2,3)27(6,7)26-18(15-23)12-9-13-21(4,19(24)25-5)16-10-8-11-17(22)14-16/h8,10-11,14,18H,9,12-13,15,23H2,1-7H3. The van der Waals surface area contributed by atoms with Crippen LogP contribution in [0.5, 0.6) is 0 Å². The highest BCUT2D eigenvalue weighted by Gasteiger charge is 2.40. The first-order valence-electron chi connectivity index (χ1n) is 9.59. The molecule has 0 saturated heterocycles. The zero-order valence-electron chi connectivity index (χ0n) is 17.9. The van der Waals surface area contributed by atoms with Gasteiger partial charge in [-0.05, 0) is 84.6 Å². The van der Waals surface area contributed by atoms with Crippen LogP contribution in [0.3, 0.4) is 0 Å². The van der Waals surface area contributed by atoms with E-state index in [1.165, 1.54) is 7.11 Å². The lowest BCUT2D eigenvalue weighted by Gasteiger charge is -2.39. The maximum Gasteiger partial charge on any atom is 0.315 e. The Balaban J connectivity index is 2.86. The number of ether oxygens (including phenoxy) is 1. The van der Waals surface area contributed by atoms with Crippen molar-refractivity contribution in [3.05, 3.63) is 33.4 Å². The summed E-state index contributed by atoms with van der Waals surface area (Å²) in [6, 6.07) is 8.08. The van der Waals surface area contributed by atoms with Crippen LogP contribution in [-0.2, 0) is 19.4 Å². The molecule has 0 radical (unpaired) electrons. The van der Waals surface area contributed by atoms with Gasteiger partial charge in [-0.1, -0.05) is 32.9 Å². The van der Waals surface area contributed by atoms with Crippen LogP contribution in [0.4, 0.5) is 0 Å². The molecule has 0 aliphatic carbocycles. The second-order valence-corrected chi connectivity index (χ2v) is 15.0. The second-order valence-electron chi connectivity index (χ2n) is 8.96. The molecule has 1 aromatic rings. The van der Waals surface area contributed by atoms with Crippen molar-refractivity contribution in [2.24, 2.45) is 5.73 Å². The molecule has 2 unspecified atom stereocenters. The summed E-state index contributed by atoms with van der Waals surface area (Å²) in [5.74, 6) is -0.195. The molecule has 0 aliphatic rings. The molecule has 0 heterocycles. The molecule has 0 aromatic heterocycles. The van der Waals surface area contributed by atoms with Gasteiger partial charge in [0.2, 0.25) is 0 Å². The van der Waals surface area contributed by atoms with Crippen molar-refractivity contribution >= 4 is 36.9 Å². The lowest BCUT2D eigenvalue weighted by Crippen LogP contribution is -2.45. The van der Waals surface area contributed by atoms with E-state index >= 15 is 0 Å². The number of methoxy groups -OCH3 is 1. The van der Waals surface area contributed by atoms with Gasteiger partial charge < -0.3 is 14.9 Å². The minimum Gasteiger partial charge on any atom is -0.468 e. The predicted octanol–water partition coefficient (Wildman–Crippen LogP) is 5.24. The van der Waals surface area contributed by atoms with Crippen molar-refractivity contribution in [1.82, 2.24) is 0 Å². The molecule has 27 heavy (non-hydrogen) atoms. The Morgan fingerprint density at radius 1 is 1.26 bits per heavy atom. The first kappa shape index (κ1) is 24.6. The van der Waals surface area contributed by atoms with E-state index in [4.69, 9.17) is 14.9 Å². The first-order valence-corrected chi connectivity index (χ1v) is 13.6. The van der Waals surface area contributed by atoms with E-state index in [1.807, 2.05) is 25.1 Å². The maximum absolute atomic E-state index is 12.6. The fourth-order valence-corrected chi connectivity index (χ4v) is 4.87. The van der Waals surface area contributed by atoms with Gasteiger partial charge in [0.15, 0.2) is 8.32 Å². The van der Waals surface area contributed by atoms with Gasteiger partial charge >= 0.3 is 5.97 Å². The van der Waals surface area contributed by atoms with Crippen LogP contribution >= 0.6 is 22.6 Å². The highest BCUT2D eigenvalue weighted by molar-refractivity contribution is 14.1. The highest BCUT2D eigenvalue weighted by Crippen LogP contribution is 2.38. The van der Waals surface area contributed by atoms with Crippen molar-refractivity contribution in [2.75, 3.05) is 13.7 Å². The lowest BCUT2D eigenvalue weighted by molar-refractivity contribution is -0.147. The van der Waals surface area contributed by atoms with Crippen LogP contribution in [0.2, 0.25) is 18.1 Å². The number of rotatable bonds is 9. The van der Waals surface area contributed by atoms with Gasteiger partial charge in [-0.3, -0.25) is 4.79 Å². The van der Waals surface area contributed by atoms with Gasteiger partial charge in [-0.15, -0.1) is 0 Å². The molecule has 0 saturated carbocycles. The van der Waals surface area contributed by atoms with Crippen molar-refractivity contribution in [3.8, 4) is 0 Å². The Kier molecular flexibility index (Phi) is 8.97. The topological polar surface area (TPSA) is 61.5 Å². The summed E-state index contributed by atoms with van der Waals surface area (Å²) < 4.78 is 12.7. The lowest BCUT2D eigenvalue weighted by atomic mass is 9.78. The molecule has 2 atom stereocenters. The SMILES string of the molecule is COC(=O)C(C)(CCCC(CN)O[Si](C)(C)C(C)(C)C)c1cccc(I)c1. The number of carbonyl (C=O) groups excluding carboxylic acids is 1. The Morgan fingerprint density at radius 3 is 2.37 bits per heavy atom. The third-order valence-electron chi connectivity index (χ3n) is 5.83. The van der Waals surface area contributed by atoms with Gasteiger partial charge in [-0.25, -0.2) is 0 Å². The molecule has 0 aliphatic heterocycles. The normalized spacial score (nSPS) is 15.9. The Labute approximate surface area is 179 Å². The zero-order chi connectivity index (χ0) is 20.9. The van der Waals surface area contributed by atoms with E-state index in [2.05, 4.69) is 62.5 Å². The summed E-state index contributed by atoms with van der Waals surface area (Å²) in [7, 11) is -0.401. The number of hydrogen-bond donors (Lipinski definition) is 1. The number of carbonyl (C=O) groups is 1. The molecular formula is C21H36INO3Si. The third-order valence-corrected chi connectivity index (χ3v) is 11.0. The Hall–Kier alpha value is -0.443. The Bertz CT molecular complexity index is 630. The molecule has 154 valence electrons. The average molecular weight is 506 g/mol. The van der Waals surface area contributed by atoms with E-state index in [0.717, 1.165) is 22.0 Å². The molecule has 4 nitrogen and oxygen atoms in total. The number of nitrogens with two attached hydrogens (primary N) is 1.